The Bertz CT molecular complexity index is 204. The minimum Gasteiger partial charge on any atom is -0.481 e. The Morgan fingerprint density at radius 1 is 1.71 bits per heavy atom. The van der Waals surface area contributed by atoms with Gasteiger partial charge in [0.15, 0.2) is 6.29 Å². The summed E-state index contributed by atoms with van der Waals surface area (Å²) in [4.78, 5) is 10.5. The third-order valence-corrected chi connectivity index (χ3v) is 3.12. The molecule has 1 saturated heterocycles. The average molecular weight is 202 g/mol. The first kappa shape index (κ1) is 11.5. The van der Waals surface area contributed by atoms with Crippen molar-refractivity contribution in [2.45, 2.75) is 38.9 Å². The standard InChI is InChI=1S/C10H18O4/c1-3-10(5-4-8(11)12)6-7-14-9(10)13-2/h9H,3-7H2,1-2H3,(H,11,12)/t9?,10-/m0/s1. The smallest absolute Gasteiger partial charge is 0.303 e. The quantitative estimate of drug-likeness (QED) is 0.736. The van der Waals surface area contributed by atoms with E-state index in [1.54, 1.807) is 7.11 Å². The highest BCUT2D eigenvalue weighted by molar-refractivity contribution is 5.66. The maximum Gasteiger partial charge on any atom is 0.303 e. The van der Waals surface area contributed by atoms with Crippen molar-refractivity contribution in [2.24, 2.45) is 5.41 Å². The Kier molecular flexibility index (Phi) is 3.89. The number of carbonyl (C=O) groups is 1. The first-order chi connectivity index (χ1) is 6.64. The van der Waals surface area contributed by atoms with Crippen molar-refractivity contribution in [2.75, 3.05) is 13.7 Å². The lowest BCUT2D eigenvalue weighted by molar-refractivity contribution is -0.151. The van der Waals surface area contributed by atoms with Crippen molar-refractivity contribution in [1.29, 1.82) is 0 Å². The molecule has 4 nitrogen and oxygen atoms in total. The summed E-state index contributed by atoms with van der Waals surface area (Å²) >= 11 is 0. The largest absolute Gasteiger partial charge is 0.481 e. The summed E-state index contributed by atoms with van der Waals surface area (Å²) in [6.45, 7) is 2.73. The van der Waals surface area contributed by atoms with Gasteiger partial charge in [0.25, 0.3) is 0 Å². The Labute approximate surface area is 84.2 Å². The zero-order valence-electron chi connectivity index (χ0n) is 8.78. The van der Waals surface area contributed by atoms with Crippen molar-refractivity contribution in [1.82, 2.24) is 0 Å². The number of hydrogen-bond acceptors (Lipinski definition) is 3. The van der Waals surface area contributed by atoms with Gasteiger partial charge in [-0.1, -0.05) is 6.92 Å². The van der Waals surface area contributed by atoms with Crippen LogP contribution >= 0.6 is 0 Å². The monoisotopic (exact) mass is 202 g/mol. The summed E-state index contributed by atoms with van der Waals surface area (Å²) in [5.41, 5.74) is -0.0901. The van der Waals surface area contributed by atoms with Crippen LogP contribution in [0.2, 0.25) is 0 Å². The number of ether oxygens (including phenoxy) is 2. The molecule has 14 heavy (non-hydrogen) atoms. The van der Waals surface area contributed by atoms with E-state index in [1.165, 1.54) is 0 Å². The Hall–Kier alpha value is -0.610. The van der Waals surface area contributed by atoms with Crippen molar-refractivity contribution < 1.29 is 19.4 Å². The fourth-order valence-electron chi connectivity index (χ4n) is 2.10. The lowest BCUT2D eigenvalue weighted by Crippen LogP contribution is -2.32. The molecule has 0 radical (unpaired) electrons. The average Bonchev–Trinajstić information content (AvgIpc) is 2.58. The van der Waals surface area contributed by atoms with Gasteiger partial charge in [-0.3, -0.25) is 4.79 Å². The van der Waals surface area contributed by atoms with Gasteiger partial charge in [0.05, 0.1) is 6.61 Å². The van der Waals surface area contributed by atoms with E-state index in [4.69, 9.17) is 14.6 Å². The van der Waals surface area contributed by atoms with E-state index in [1.807, 2.05) is 0 Å². The van der Waals surface area contributed by atoms with Crippen LogP contribution < -0.4 is 0 Å². The molecule has 1 unspecified atom stereocenters. The molecular weight excluding hydrogens is 184 g/mol. The van der Waals surface area contributed by atoms with Crippen LogP contribution in [0.3, 0.4) is 0 Å². The van der Waals surface area contributed by atoms with E-state index in [2.05, 4.69) is 6.92 Å². The van der Waals surface area contributed by atoms with E-state index < -0.39 is 5.97 Å². The normalized spacial score (nSPS) is 32.0. The first-order valence-electron chi connectivity index (χ1n) is 5.01. The first-order valence-corrected chi connectivity index (χ1v) is 5.01. The second-order valence-electron chi connectivity index (χ2n) is 3.80. The maximum atomic E-state index is 10.5. The van der Waals surface area contributed by atoms with Crippen molar-refractivity contribution >= 4 is 5.97 Å². The molecular formula is C10H18O4. The molecule has 0 spiro atoms. The zero-order chi connectivity index (χ0) is 10.6. The molecule has 0 aliphatic carbocycles. The number of methoxy groups -OCH3 is 1. The SMILES string of the molecule is CC[C@]1(CCC(=O)O)CCOC1OC. The van der Waals surface area contributed by atoms with Gasteiger partial charge in [0.2, 0.25) is 0 Å². The highest BCUT2D eigenvalue weighted by atomic mass is 16.7. The Balaban J connectivity index is 2.59. The lowest BCUT2D eigenvalue weighted by atomic mass is 9.78. The van der Waals surface area contributed by atoms with Crippen LogP contribution in [0.5, 0.6) is 0 Å². The van der Waals surface area contributed by atoms with Gasteiger partial charge in [-0.05, 0) is 19.3 Å². The van der Waals surface area contributed by atoms with E-state index in [9.17, 15) is 4.79 Å². The fourth-order valence-corrected chi connectivity index (χ4v) is 2.10. The van der Waals surface area contributed by atoms with Crippen molar-refractivity contribution in [3.63, 3.8) is 0 Å². The topological polar surface area (TPSA) is 55.8 Å². The molecule has 1 aliphatic heterocycles. The highest BCUT2D eigenvalue weighted by Crippen LogP contribution is 2.42. The summed E-state index contributed by atoms with van der Waals surface area (Å²) in [6, 6.07) is 0. The second kappa shape index (κ2) is 4.75. The molecule has 1 heterocycles. The predicted molar refractivity (Wildman–Crippen MR) is 51.0 cm³/mol. The molecule has 1 fully saturated rings. The number of rotatable bonds is 5. The van der Waals surface area contributed by atoms with Crippen molar-refractivity contribution in [3.05, 3.63) is 0 Å². The molecule has 2 atom stereocenters. The fraction of sp³-hybridized carbons (Fsp3) is 0.900. The molecule has 82 valence electrons. The van der Waals surface area contributed by atoms with Gasteiger partial charge in [-0.2, -0.15) is 0 Å². The molecule has 0 saturated carbocycles. The van der Waals surface area contributed by atoms with Gasteiger partial charge in [0, 0.05) is 18.9 Å². The molecule has 0 aromatic carbocycles. The van der Waals surface area contributed by atoms with Gasteiger partial charge in [-0.15, -0.1) is 0 Å². The molecule has 1 rings (SSSR count). The van der Waals surface area contributed by atoms with Gasteiger partial charge >= 0.3 is 5.97 Å². The van der Waals surface area contributed by atoms with Crippen LogP contribution in [-0.2, 0) is 14.3 Å². The minimum atomic E-state index is -0.750. The second-order valence-corrected chi connectivity index (χ2v) is 3.80. The summed E-state index contributed by atoms with van der Waals surface area (Å²) in [5, 5.41) is 8.66. The summed E-state index contributed by atoms with van der Waals surface area (Å²) < 4.78 is 10.7. The number of hydrogen-bond donors (Lipinski definition) is 1. The highest BCUT2D eigenvalue weighted by Gasteiger charge is 2.42. The van der Waals surface area contributed by atoms with E-state index in [0.29, 0.717) is 13.0 Å². The van der Waals surface area contributed by atoms with Gasteiger partial charge < -0.3 is 14.6 Å². The summed E-state index contributed by atoms with van der Waals surface area (Å²) in [5.74, 6) is -0.750. The molecule has 0 bridgehead atoms. The molecule has 0 aromatic rings. The van der Waals surface area contributed by atoms with E-state index in [0.717, 1.165) is 12.8 Å². The van der Waals surface area contributed by atoms with Gasteiger partial charge in [0.1, 0.15) is 0 Å². The Morgan fingerprint density at radius 2 is 2.43 bits per heavy atom. The molecule has 4 heteroatoms. The molecule has 0 amide bonds. The number of aliphatic carboxylic acids is 1. The van der Waals surface area contributed by atoms with Crippen LogP contribution in [0.25, 0.3) is 0 Å². The zero-order valence-corrected chi connectivity index (χ0v) is 8.78. The Morgan fingerprint density at radius 3 is 2.93 bits per heavy atom. The predicted octanol–water partition coefficient (Wildman–Crippen LogP) is 1.64. The van der Waals surface area contributed by atoms with Crippen LogP contribution in [0.15, 0.2) is 0 Å². The summed E-state index contributed by atoms with van der Waals surface area (Å²) in [7, 11) is 1.61. The molecule has 1 aliphatic rings. The van der Waals surface area contributed by atoms with Gasteiger partial charge in [-0.25, -0.2) is 0 Å². The molecule has 0 aromatic heterocycles. The summed E-state index contributed by atoms with van der Waals surface area (Å²) in [6.07, 6.45) is 2.40. The number of carboxylic acids is 1. The maximum absolute atomic E-state index is 10.5. The van der Waals surface area contributed by atoms with Crippen molar-refractivity contribution in [3.8, 4) is 0 Å². The third-order valence-electron chi connectivity index (χ3n) is 3.12. The van der Waals surface area contributed by atoms with E-state index >= 15 is 0 Å². The van der Waals surface area contributed by atoms with Crippen LogP contribution in [0, 0.1) is 5.41 Å². The minimum absolute atomic E-state index is 0.0901. The lowest BCUT2D eigenvalue weighted by Gasteiger charge is -2.31. The van der Waals surface area contributed by atoms with E-state index in [-0.39, 0.29) is 18.1 Å². The van der Waals surface area contributed by atoms with Crippen LogP contribution in [0.4, 0.5) is 0 Å². The molecule has 1 N–H and O–H groups in total. The number of carboxylic acid groups (broad SMARTS) is 1. The van der Waals surface area contributed by atoms with Crippen LogP contribution in [-0.4, -0.2) is 31.1 Å². The van der Waals surface area contributed by atoms with Crippen LogP contribution in [0.1, 0.15) is 32.6 Å². The third kappa shape index (κ3) is 2.25.